The summed E-state index contributed by atoms with van der Waals surface area (Å²) in [6.45, 7) is 3.05. The number of carbonyl (C=O) groups is 2. The Morgan fingerprint density at radius 3 is 2.94 bits per heavy atom. The number of benzene rings is 1. The molecule has 0 atom stereocenters. The summed E-state index contributed by atoms with van der Waals surface area (Å²) in [6, 6.07) is 7.58. The summed E-state index contributed by atoms with van der Waals surface area (Å²) in [5.74, 6) is 0. The van der Waals surface area contributed by atoms with Crippen molar-refractivity contribution in [3.05, 3.63) is 29.8 Å². The summed E-state index contributed by atoms with van der Waals surface area (Å²) in [7, 11) is 0. The third kappa shape index (κ3) is 2.43. The van der Waals surface area contributed by atoms with E-state index in [4.69, 9.17) is 0 Å². The number of hydrogen-bond donors (Lipinski definition) is 1. The van der Waals surface area contributed by atoms with Crippen LogP contribution in [0.4, 0.5) is 9.59 Å². The van der Waals surface area contributed by atoms with E-state index in [1.807, 2.05) is 31.2 Å². The summed E-state index contributed by atoms with van der Waals surface area (Å²) in [6.07, 6.45) is 0. The van der Waals surface area contributed by atoms with Gasteiger partial charge in [0.2, 0.25) is 0 Å². The molecule has 0 radical (unpaired) electrons. The number of imide groups is 1. The molecule has 0 aliphatic carbocycles. The predicted octanol–water partition coefficient (Wildman–Crippen LogP) is 0.470. The van der Waals surface area contributed by atoms with Crippen LogP contribution in [0, 0.1) is 6.92 Å². The zero-order valence-corrected chi connectivity index (χ0v) is 10.6. The van der Waals surface area contributed by atoms with Gasteiger partial charge in [0.1, 0.15) is 0 Å². The van der Waals surface area contributed by atoms with Crippen LogP contribution in [0.15, 0.2) is 24.3 Å². The van der Waals surface area contributed by atoms with Crippen molar-refractivity contribution in [1.29, 1.82) is 0 Å². The Morgan fingerprint density at radius 1 is 1.50 bits per heavy atom. The van der Waals surface area contributed by atoms with Gasteiger partial charge in [0.15, 0.2) is 0 Å². The second-order valence-corrected chi connectivity index (χ2v) is 5.72. The number of amides is 3. The van der Waals surface area contributed by atoms with Gasteiger partial charge in [-0.1, -0.05) is 0 Å². The van der Waals surface area contributed by atoms with Crippen LogP contribution < -0.4 is 9.78 Å². The van der Waals surface area contributed by atoms with Crippen LogP contribution in [-0.4, -0.2) is 43.8 Å². The van der Waals surface area contributed by atoms with Gasteiger partial charge in [-0.2, -0.15) is 0 Å². The molecule has 3 amide bonds. The monoisotopic (exact) mass is 284 g/mol. The zero-order valence-electron chi connectivity index (χ0n) is 8.90. The van der Waals surface area contributed by atoms with E-state index in [0.717, 1.165) is 10.0 Å². The quantitative estimate of drug-likeness (QED) is 0.802. The molecule has 1 fully saturated rings. The van der Waals surface area contributed by atoms with E-state index >= 15 is 0 Å². The Bertz CT molecular complexity index is 434. The Morgan fingerprint density at radius 2 is 2.31 bits per heavy atom. The molecule has 4 nitrogen and oxygen atoms in total. The van der Waals surface area contributed by atoms with Crippen LogP contribution in [0.3, 0.4) is 0 Å². The predicted molar refractivity (Wildman–Crippen MR) is 62.1 cm³/mol. The molecule has 1 aromatic rings. The van der Waals surface area contributed by atoms with Crippen molar-refractivity contribution in [2.24, 2.45) is 0 Å². The third-order valence-corrected chi connectivity index (χ3v) is 4.13. The van der Waals surface area contributed by atoms with E-state index in [1.54, 1.807) is 0 Å². The number of carbonyl (C=O) groups excluding carboxylic acids is 2. The standard InChI is InChI=1S/C11H12N2O2Se/c1-8-3-2-4-9(7-8)16-11(15)13-6-5-12-10(13)14/h2-4,7H,5-6H2,1H3,(H,12,14). The van der Waals surface area contributed by atoms with Gasteiger partial charge in [0.25, 0.3) is 0 Å². The number of aryl methyl sites for hydroxylation is 1. The molecule has 0 aromatic heterocycles. The number of rotatable bonds is 2. The van der Waals surface area contributed by atoms with Gasteiger partial charge in [-0.05, 0) is 0 Å². The Kier molecular flexibility index (Phi) is 3.27. The number of nitrogens with one attached hydrogen (secondary N) is 1. The molecule has 0 saturated carbocycles. The van der Waals surface area contributed by atoms with Crippen molar-refractivity contribution in [2.45, 2.75) is 6.92 Å². The molecule has 0 bridgehead atoms. The molecule has 1 saturated heterocycles. The SMILES string of the molecule is Cc1cccc([Se]C(=O)N2CCNC2=O)c1. The molecule has 0 unspecified atom stereocenters. The van der Waals surface area contributed by atoms with Gasteiger partial charge >= 0.3 is 99.9 Å². The van der Waals surface area contributed by atoms with Crippen LogP contribution in [0.5, 0.6) is 0 Å². The summed E-state index contributed by atoms with van der Waals surface area (Å²) >= 11 is -0.312. The third-order valence-electron chi connectivity index (χ3n) is 2.27. The van der Waals surface area contributed by atoms with Crippen LogP contribution in [0.2, 0.25) is 0 Å². The molecule has 5 heteroatoms. The van der Waals surface area contributed by atoms with E-state index < -0.39 is 0 Å². The maximum absolute atomic E-state index is 11.8. The number of urea groups is 1. The zero-order chi connectivity index (χ0) is 11.5. The Balaban J connectivity index is 2.04. The maximum atomic E-state index is 11.8. The van der Waals surface area contributed by atoms with Crippen LogP contribution in [-0.2, 0) is 0 Å². The molecular formula is C11H12N2O2Se. The van der Waals surface area contributed by atoms with Crippen molar-refractivity contribution >= 4 is 30.3 Å². The first kappa shape index (κ1) is 11.2. The molecule has 1 aliphatic heterocycles. The van der Waals surface area contributed by atoms with E-state index in [9.17, 15) is 9.59 Å². The van der Waals surface area contributed by atoms with Crippen molar-refractivity contribution < 1.29 is 9.59 Å². The van der Waals surface area contributed by atoms with E-state index in [2.05, 4.69) is 5.32 Å². The van der Waals surface area contributed by atoms with Gasteiger partial charge in [0.05, 0.1) is 0 Å². The Labute approximate surface area is 100 Å². The normalized spacial score (nSPS) is 15.1. The summed E-state index contributed by atoms with van der Waals surface area (Å²) in [5.41, 5.74) is 1.14. The molecule has 2 rings (SSSR count). The molecule has 1 aliphatic rings. The summed E-state index contributed by atoms with van der Waals surface area (Å²) in [4.78, 5) is 24.3. The molecular weight excluding hydrogens is 271 g/mol. The molecule has 1 heterocycles. The van der Waals surface area contributed by atoms with Gasteiger partial charge in [-0.25, -0.2) is 0 Å². The van der Waals surface area contributed by atoms with Crippen molar-refractivity contribution in [3.8, 4) is 0 Å². The van der Waals surface area contributed by atoms with Gasteiger partial charge < -0.3 is 0 Å². The number of hydrogen-bond acceptors (Lipinski definition) is 2. The fourth-order valence-electron chi connectivity index (χ4n) is 1.48. The minimum atomic E-state index is -0.312. The average molecular weight is 283 g/mol. The number of nitrogens with zero attached hydrogens (tertiary/aromatic N) is 1. The molecule has 0 spiro atoms. The molecule has 84 valence electrons. The van der Waals surface area contributed by atoms with E-state index in [-0.39, 0.29) is 25.8 Å². The van der Waals surface area contributed by atoms with Gasteiger partial charge in [0, 0.05) is 0 Å². The van der Waals surface area contributed by atoms with E-state index in [1.165, 1.54) is 4.90 Å². The minimum absolute atomic E-state index is 0.0758. The van der Waals surface area contributed by atoms with Crippen LogP contribution >= 0.6 is 0 Å². The van der Waals surface area contributed by atoms with Crippen molar-refractivity contribution in [2.75, 3.05) is 13.1 Å². The topological polar surface area (TPSA) is 49.4 Å². The fourth-order valence-corrected chi connectivity index (χ4v) is 3.32. The second-order valence-electron chi connectivity index (χ2n) is 3.57. The molecule has 16 heavy (non-hydrogen) atoms. The van der Waals surface area contributed by atoms with Crippen LogP contribution in [0.25, 0.3) is 0 Å². The second kappa shape index (κ2) is 4.68. The van der Waals surface area contributed by atoms with Crippen LogP contribution in [0.1, 0.15) is 5.56 Å². The summed E-state index contributed by atoms with van der Waals surface area (Å²) < 4.78 is 1.01. The van der Waals surface area contributed by atoms with Gasteiger partial charge in [-0.15, -0.1) is 0 Å². The fraction of sp³-hybridized carbons (Fsp3) is 0.273. The summed E-state index contributed by atoms with van der Waals surface area (Å²) in [5, 5.41) is 2.62. The Hall–Kier alpha value is -1.32. The van der Waals surface area contributed by atoms with Gasteiger partial charge in [-0.3, -0.25) is 0 Å². The molecule has 1 N–H and O–H groups in total. The van der Waals surface area contributed by atoms with Crippen molar-refractivity contribution in [1.82, 2.24) is 10.2 Å². The first-order valence-electron chi connectivity index (χ1n) is 5.00. The van der Waals surface area contributed by atoms with Crippen molar-refractivity contribution in [3.63, 3.8) is 0 Å². The first-order valence-corrected chi connectivity index (χ1v) is 6.72. The molecule has 1 aromatic carbocycles. The van der Waals surface area contributed by atoms with E-state index in [0.29, 0.717) is 13.1 Å². The average Bonchev–Trinajstić information content (AvgIpc) is 2.64. The first-order chi connectivity index (χ1) is 7.66.